The Kier molecular flexibility index (Phi) is 1.56. The number of piperidine rings is 1. The van der Waals surface area contributed by atoms with Gasteiger partial charge in [0.15, 0.2) is 0 Å². The van der Waals surface area contributed by atoms with Gasteiger partial charge in [0.2, 0.25) is 6.41 Å². The molecule has 0 N–H and O–H groups in total. The van der Waals surface area contributed by atoms with Crippen molar-refractivity contribution < 1.29 is 14.3 Å². The second kappa shape index (κ2) is 2.44. The summed E-state index contributed by atoms with van der Waals surface area (Å²) in [5.74, 6) is 0.510. The molecule has 0 radical (unpaired) electrons. The molecule has 0 aromatic rings. The van der Waals surface area contributed by atoms with Crippen LogP contribution in [0.5, 0.6) is 0 Å². The van der Waals surface area contributed by atoms with E-state index in [0.29, 0.717) is 12.0 Å². The standard InChI is InChI=1S/C7H10FNO2/c8-11-3-7-5-1-2-6(5)9(7)4-10/h4-7H,1-3H2/t5?,6-,7?/m0/s1. The highest BCUT2D eigenvalue weighted by molar-refractivity contribution is 5.52. The van der Waals surface area contributed by atoms with E-state index >= 15 is 0 Å². The normalized spacial score (nSPS) is 40.5. The molecule has 2 rings (SSSR count). The number of hydrogen-bond donors (Lipinski definition) is 0. The summed E-state index contributed by atoms with van der Waals surface area (Å²) in [5.41, 5.74) is 0. The topological polar surface area (TPSA) is 29.5 Å². The van der Waals surface area contributed by atoms with Crippen molar-refractivity contribution in [2.24, 2.45) is 5.92 Å². The average Bonchev–Trinajstić information content (AvgIpc) is 1.97. The third-order valence-corrected chi connectivity index (χ3v) is 2.91. The van der Waals surface area contributed by atoms with Crippen LogP contribution in [0.1, 0.15) is 12.8 Å². The number of likely N-dealkylation sites (tertiary alicyclic amines) is 1. The van der Waals surface area contributed by atoms with E-state index in [9.17, 15) is 9.32 Å². The van der Waals surface area contributed by atoms with E-state index in [1.54, 1.807) is 4.90 Å². The summed E-state index contributed by atoms with van der Waals surface area (Å²) in [6.45, 7) is 0.0416. The van der Waals surface area contributed by atoms with E-state index in [1.165, 1.54) is 0 Å². The lowest BCUT2D eigenvalue weighted by Gasteiger charge is -2.59. The molecule has 1 heterocycles. The van der Waals surface area contributed by atoms with Gasteiger partial charge in [-0.3, -0.25) is 4.79 Å². The van der Waals surface area contributed by atoms with Crippen molar-refractivity contribution >= 4 is 6.41 Å². The first-order valence-electron chi connectivity index (χ1n) is 3.84. The molecule has 3 atom stereocenters. The zero-order chi connectivity index (χ0) is 7.84. The monoisotopic (exact) mass is 159 g/mol. The zero-order valence-electron chi connectivity index (χ0n) is 6.07. The molecule has 1 aliphatic heterocycles. The van der Waals surface area contributed by atoms with Crippen LogP contribution < -0.4 is 0 Å². The number of carbonyl (C=O) groups is 1. The highest BCUT2D eigenvalue weighted by Gasteiger charge is 2.53. The van der Waals surface area contributed by atoms with E-state index in [4.69, 9.17) is 0 Å². The molecule has 3 nitrogen and oxygen atoms in total. The van der Waals surface area contributed by atoms with Gasteiger partial charge in [0.05, 0.1) is 6.04 Å². The van der Waals surface area contributed by atoms with Gasteiger partial charge in [-0.15, -0.1) is 0 Å². The van der Waals surface area contributed by atoms with Gasteiger partial charge in [-0.1, -0.05) is 0 Å². The summed E-state index contributed by atoms with van der Waals surface area (Å²) in [4.78, 5) is 15.6. The number of hydrogen-bond acceptors (Lipinski definition) is 2. The van der Waals surface area contributed by atoms with E-state index < -0.39 is 0 Å². The molecule has 1 saturated carbocycles. The minimum absolute atomic E-state index is 0.0104. The maximum absolute atomic E-state index is 11.5. The maximum Gasteiger partial charge on any atom is 0.210 e. The fourth-order valence-electron chi connectivity index (χ4n) is 2.12. The Balaban J connectivity index is 1.93. The van der Waals surface area contributed by atoms with Crippen molar-refractivity contribution in [2.75, 3.05) is 6.61 Å². The van der Waals surface area contributed by atoms with E-state index in [0.717, 1.165) is 19.3 Å². The van der Waals surface area contributed by atoms with Crippen LogP contribution in [0.25, 0.3) is 0 Å². The van der Waals surface area contributed by atoms with Gasteiger partial charge >= 0.3 is 0 Å². The number of nitrogens with zero attached hydrogens (tertiary/aromatic N) is 1. The largest absolute Gasteiger partial charge is 0.336 e. The van der Waals surface area contributed by atoms with Crippen LogP contribution in [-0.2, 0) is 9.74 Å². The number of halogens is 1. The van der Waals surface area contributed by atoms with Gasteiger partial charge in [0.25, 0.3) is 0 Å². The highest BCUT2D eigenvalue weighted by Crippen LogP contribution is 2.45. The van der Waals surface area contributed by atoms with Gasteiger partial charge in [-0.25, -0.2) is 0 Å². The smallest absolute Gasteiger partial charge is 0.210 e. The zero-order valence-corrected chi connectivity index (χ0v) is 6.07. The molecule has 2 unspecified atom stereocenters. The van der Waals surface area contributed by atoms with Crippen molar-refractivity contribution in [1.29, 1.82) is 0 Å². The fraction of sp³-hybridized carbons (Fsp3) is 0.857. The minimum Gasteiger partial charge on any atom is -0.336 e. The van der Waals surface area contributed by atoms with Crippen molar-refractivity contribution in [2.45, 2.75) is 24.9 Å². The van der Waals surface area contributed by atoms with E-state index in [1.807, 2.05) is 0 Å². The summed E-state index contributed by atoms with van der Waals surface area (Å²) in [5, 5.41) is 0. The average molecular weight is 159 g/mol. The fourth-order valence-corrected chi connectivity index (χ4v) is 2.12. The molecular weight excluding hydrogens is 149 g/mol. The van der Waals surface area contributed by atoms with Crippen molar-refractivity contribution in [3.05, 3.63) is 0 Å². The Morgan fingerprint density at radius 1 is 1.64 bits per heavy atom. The predicted octanol–water partition coefficient (Wildman–Crippen LogP) is 0.507. The van der Waals surface area contributed by atoms with Crippen LogP contribution in [0.2, 0.25) is 0 Å². The number of fused-ring (bicyclic) bond motifs is 1. The summed E-state index contributed by atoms with van der Waals surface area (Å²) >= 11 is 0. The Morgan fingerprint density at radius 3 is 2.91 bits per heavy atom. The second-order valence-electron chi connectivity index (χ2n) is 3.20. The van der Waals surface area contributed by atoms with Gasteiger partial charge < -0.3 is 4.90 Å². The lowest BCUT2D eigenvalue weighted by Crippen LogP contribution is -2.69. The molecule has 4 heteroatoms. The molecule has 62 valence electrons. The molecule has 0 spiro atoms. The minimum atomic E-state index is 0.0104. The molecule has 1 saturated heterocycles. The van der Waals surface area contributed by atoms with Gasteiger partial charge in [-0.05, 0) is 17.4 Å². The lowest BCUT2D eigenvalue weighted by molar-refractivity contribution is -0.204. The molecule has 2 aliphatic rings. The van der Waals surface area contributed by atoms with Crippen LogP contribution in [0.3, 0.4) is 0 Å². The summed E-state index contributed by atoms with van der Waals surface area (Å²) in [6, 6.07) is 0.406. The quantitative estimate of drug-likeness (QED) is 0.561. The molecule has 2 fully saturated rings. The molecule has 11 heavy (non-hydrogen) atoms. The Morgan fingerprint density at radius 2 is 2.45 bits per heavy atom. The molecule has 0 bridgehead atoms. The first-order chi connectivity index (χ1) is 5.38. The molecular formula is C7H10FNO2. The summed E-state index contributed by atoms with van der Waals surface area (Å²) < 4.78 is 11.5. The molecule has 1 amide bonds. The lowest BCUT2D eigenvalue weighted by atomic mass is 9.66. The summed E-state index contributed by atoms with van der Waals surface area (Å²) in [7, 11) is 0. The predicted molar refractivity (Wildman–Crippen MR) is 35.3 cm³/mol. The number of carbonyl (C=O) groups excluding carboxylic acids is 1. The second-order valence-corrected chi connectivity index (χ2v) is 3.20. The van der Waals surface area contributed by atoms with E-state index in [2.05, 4.69) is 4.94 Å². The first-order valence-corrected chi connectivity index (χ1v) is 3.84. The third kappa shape index (κ3) is 0.788. The van der Waals surface area contributed by atoms with Crippen LogP contribution in [0.4, 0.5) is 4.53 Å². The maximum atomic E-state index is 11.5. The van der Waals surface area contributed by atoms with Crippen LogP contribution in [-0.4, -0.2) is 30.0 Å². The Bertz CT molecular complexity index is 176. The Labute approximate surface area is 64.0 Å². The molecule has 0 aromatic heterocycles. The van der Waals surface area contributed by atoms with Crippen LogP contribution >= 0.6 is 0 Å². The number of amides is 1. The van der Waals surface area contributed by atoms with Crippen molar-refractivity contribution in [3.63, 3.8) is 0 Å². The Hall–Kier alpha value is -0.640. The van der Waals surface area contributed by atoms with E-state index in [-0.39, 0.29) is 12.6 Å². The van der Waals surface area contributed by atoms with Gasteiger partial charge in [-0.2, -0.15) is 4.94 Å². The van der Waals surface area contributed by atoms with Crippen molar-refractivity contribution in [3.8, 4) is 0 Å². The van der Waals surface area contributed by atoms with Gasteiger partial charge in [0.1, 0.15) is 6.61 Å². The van der Waals surface area contributed by atoms with Crippen LogP contribution in [0, 0.1) is 5.92 Å². The summed E-state index contributed by atoms with van der Waals surface area (Å²) in [6.07, 6.45) is 2.99. The first kappa shape index (κ1) is 7.03. The SMILES string of the molecule is O=CN1C(COF)C2CC[C@@H]21. The van der Waals surface area contributed by atoms with Crippen molar-refractivity contribution in [1.82, 2.24) is 4.90 Å². The third-order valence-electron chi connectivity index (χ3n) is 2.91. The number of rotatable bonds is 3. The molecule has 0 aromatic carbocycles. The van der Waals surface area contributed by atoms with Crippen LogP contribution in [0.15, 0.2) is 0 Å². The molecule has 1 aliphatic carbocycles. The highest BCUT2D eigenvalue weighted by atomic mass is 19.3. The van der Waals surface area contributed by atoms with Gasteiger partial charge in [0, 0.05) is 12.0 Å².